The van der Waals surface area contributed by atoms with Crippen molar-refractivity contribution in [3.8, 4) is 6.07 Å². The lowest BCUT2D eigenvalue weighted by atomic mass is 10.0. The number of nitriles is 1. The maximum absolute atomic E-state index is 12.5. The molecule has 2 amide bonds. The van der Waals surface area contributed by atoms with Crippen LogP contribution in [0.4, 0.5) is 0 Å². The van der Waals surface area contributed by atoms with Crippen molar-refractivity contribution in [2.24, 2.45) is 5.92 Å². The fourth-order valence-electron chi connectivity index (χ4n) is 2.35. The Bertz CT molecular complexity index is 590. The molecule has 0 heterocycles. The Labute approximate surface area is 138 Å². The summed E-state index contributed by atoms with van der Waals surface area (Å²) in [5.74, 6) is -0.128. The van der Waals surface area contributed by atoms with Crippen LogP contribution in [0, 0.1) is 24.2 Å². The fourth-order valence-corrected chi connectivity index (χ4v) is 2.35. The number of likely N-dealkylation sites (N-methyl/N-ethyl adjacent to an activating group) is 1. The van der Waals surface area contributed by atoms with Gasteiger partial charge in [-0.15, -0.1) is 0 Å². The van der Waals surface area contributed by atoms with E-state index in [-0.39, 0.29) is 24.2 Å². The summed E-state index contributed by atoms with van der Waals surface area (Å²) in [5, 5.41) is 11.5. The van der Waals surface area contributed by atoms with Crippen molar-refractivity contribution in [1.29, 1.82) is 5.26 Å². The number of carbonyl (C=O) groups is 2. The van der Waals surface area contributed by atoms with Crippen LogP contribution >= 0.6 is 0 Å². The van der Waals surface area contributed by atoms with Gasteiger partial charge in [0.15, 0.2) is 0 Å². The number of benzene rings is 1. The fraction of sp³-hybridized carbons (Fsp3) is 0.500. The molecular formula is C18H25N3O2. The molecule has 0 radical (unpaired) electrons. The molecule has 0 saturated heterocycles. The quantitative estimate of drug-likeness (QED) is 0.840. The van der Waals surface area contributed by atoms with Crippen molar-refractivity contribution in [3.05, 3.63) is 35.4 Å². The zero-order valence-electron chi connectivity index (χ0n) is 14.3. The summed E-state index contributed by atoms with van der Waals surface area (Å²) >= 11 is 0. The molecule has 0 aliphatic rings. The van der Waals surface area contributed by atoms with E-state index in [1.54, 1.807) is 19.2 Å². The Morgan fingerprint density at radius 1 is 1.30 bits per heavy atom. The molecule has 23 heavy (non-hydrogen) atoms. The minimum atomic E-state index is -0.578. The van der Waals surface area contributed by atoms with Crippen molar-refractivity contribution in [2.75, 3.05) is 13.6 Å². The van der Waals surface area contributed by atoms with E-state index in [0.29, 0.717) is 18.5 Å². The lowest BCUT2D eigenvalue weighted by Crippen LogP contribution is -2.48. The summed E-state index contributed by atoms with van der Waals surface area (Å²) < 4.78 is 0. The first-order valence-electron chi connectivity index (χ1n) is 7.85. The highest BCUT2D eigenvalue weighted by Gasteiger charge is 2.25. The molecule has 1 unspecified atom stereocenters. The van der Waals surface area contributed by atoms with Gasteiger partial charge in [-0.3, -0.25) is 9.59 Å². The molecule has 1 N–H and O–H groups in total. The molecule has 0 aromatic heterocycles. The summed E-state index contributed by atoms with van der Waals surface area (Å²) in [6.45, 7) is 6.25. The molecule has 1 aromatic rings. The van der Waals surface area contributed by atoms with Gasteiger partial charge in [0.05, 0.1) is 12.5 Å². The third-order valence-electron chi connectivity index (χ3n) is 3.64. The molecule has 124 valence electrons. The Morgan fingerprint density at radius 2 is 1.96 bits per heavy atom. The maximum Gasteiger partial charge on any atom is 0.252 e. The highest BCUT2D eigenvalue weighted by atomic mass is 16.2. The second-order valence-electron chi connectivity index (χ2n) is 6.14. The molecule has 0 fully saturated rings. The summed E-state index contributed by atoms with van der Waals surface area (Å²) in [7, 11) is 1.66. The lowest BCUT2D eigenvalue weighted by molar-refractivity contribution is -0.132. The summed E-state index contributed by atoms with van der Waals surface area (Å²) in [5.41, 5.74) is 1.45. The molecule has 5 nitrogen and oxygen atoms in total. The molecule has 0 saturated carbocycles. The highest BCUT2D eigenvalue weighted by molar-refractivity contribution is 5.98. The van der Waals surface area contributed by atoms with Crippen LogP contribution in [0.25, 0.3) is 0 Å². The smallest absolute Gasteiger partial charge is 0.252 e. The van der Waals surface area contributed by atoms with E-state index in [2.05, 4.69) is 5.32 Å². The average molecular weight is 315 g/mol. The van der Waals surface area contributed by atoms with Gasteiger partial charge in [-0.2, -0.15) is 5.26 Å². The van der Waals surface area contributed by atoms with Crippen LogP contribution in [0.1, 0.15) is 42.6 Å². The topological polar surface area (TPSA) is 73.2 Å². The molecule has 0 spiro atoms. The largest absolute Gasteiger partial charge is 0.343 e. The number of rotatable bonds is 7. The van der Waals surface area contributed by atoms with Crippen molar-refractivity contribution in [2.45, 2.75) is 39.7 Å². The van der Waals surface area contributed by atoms with Gasteiger partial charge in [0, 0.05) is 19.2 Å². The number of nitrogens with one attached hydrogen (secondary N) is 1. The van der Waals surface area contributed by atoms with E-state index in [1.807, 2.05) is 39.0 Å². The second kappa shape index (κ2) is 8.94. The molecule has 1 atom stereocenters. The standard InChI is InChI=1S/C18H25N3O2/c1-13(2)12-16(18(23)21(4)11-7-10-19)20-17(22)15-9-6-5-8-14(15)3/h5-6,8-9,13,16H,7,11-12H2,1-4H3,(H,20,22). The molecule has 1 rings (SSSR count). The van der Waals surface area contributed by atoms with E-state index in [9.17, 15) is 9.59 Å². The van der Waals surface area contributed by atoms with Crippen molar-refractivity contribution >= 4 is 11.8 Å². The first kappa shape index (κ1) is 18.7. The van der Waals surface area contributed by atoms with E-state index in [4.69, 9.17) is 5.26 Å². The van der Waals surface area contributed by atoms with Crippen molar-refractivity contribution in [1.82, 2.24) is 10.2 Å². The molecular weight excluding hydrogens is 290 g/mol. The van der Waals surface area contributed by atoms with Crippen molar-refractivity contribution < 1.29 is 9.59 Å². The number of hydrogen-bond acceptors (Lipinski definition) is 3. The minimum absolute atomic E-state index is 0.157. The number of aryl methyl sites for hydroxylation is 1. The van der Waals surface area contributed by atoms with Gasteiger partial charge in [0.1, 0.15) is 6.04 Å². The highest BCUT2D eigenvalue weighted by Crippen LogP contribution is 2.11. The third-order valence-corrected chi connectivity index (χ3v) is 3.64. The predicted molar refractivity (Wildman–Crippen MR) is 89.8 cm³/mol. The maximum atomic E-state index is 12.5. The van der Waals surface area contributed by atoms with Crippen LogP contribution in [0.3, 0.4) is 0 Å². The average Bonchev–Trinajstić information content (AvgIpc) is 2.51. The monoisotopic (exact) mass is 315 g/mol. The molecule has 5 heteroatoms. The van der Waals surface area contributed by atoms with E-state index in [0.717, 1.165) is 5.56 Å². The number of amides is 2. The number of nitrogens with zero attached hydrogens (tertiary/aromatic N) is 2. The van der Waals surface area contributed by atoms with Gasteiger partial charge in [-0.05, 0) is 30.9 Å². The van der Waals surface area contributed by atoms with E-state index in [1.165, 1.54) is 4.90 Å². The predicted octanol–water partition coefficient (Wildman–Crippen LogP) is 2.51. The van der Waals surface area contributed by atoms with Gasteiger partial charge < -0.3 is 10.2 Å². The minimum Gasteiger partial charge on any atom is -0.343 e. The van der Waals surface area contributed by atoms with Crippen LogP contribution in [-0.4, -0.2) is 36.3 Å². The molecule has 1 aromatic carbocycles. The first-order chi connectivity index (χ1) is 10.9. The SMILES string of the molecule is Cc1ccccc1C(=O)NC(CC(C)C)C(=O)N(C)CCC#N. The normalized spacial score (nSPS) is 11.7. The lowest BCUT2D eigenvalue weighted by Gasteiger charge is -2.25. The summed E-state index contributed by atoms with van der Waals surface area (Å²) in [6, 6.07) is 8.75. The van der Waals surface area contributed by atoms with Crippen LogP contribution in [-0.2, 0) is 4.79 Å². The van der Waals surface area contributed by atoms with Gasteiger partial charge in [-0.25, -0.2) is 0 Å². The Balaban J connectivity index is 2.86. The molecule has 0 aliphatic heterocycles. The Kier molecular flexibility index (Phi) is 7.27. The molecule has 0 aliphatic carbocycles. The van der Waals surface area contributed by atoms with Gasteiger partial charge in [0.2, 0.25) is 5.91 Å². The van der Waals surface area contributed by atoms with Crippen LogP contribution < -0.4 is 5.32 Å². The molecule has 0 bridgehead atoms. The van der Waals surface area contributed by atoms with E-state index < -0.39 is 6.04 Å². The summed E-state index contributed by atoms with van der Waals surface area (Å²) in [6.07, 6.45) is 0.843. The van der Waals surface area contributed by atoms with Crippen LogP contribution in [0.5, 0.6) is 0 Å². The van der Waals surface area contributed by atoms with Crippen molar-refractivity contribution in [3.63, 3.8) is 0 Å². The van der Waals surface area contributed by atoms with Crippen LogP contribution in [0.2, 0.25) is 0 Å². The third kappa shape index (κ3) is 5.74. The zero-order valence-corrected chi connectivity index (χ0v) is 14.3. The second-order valence-corrected chi connectivity index (χ2v) is 6.14. The van der Waals surface area contributed by atoms with Gasteiger partial charge >= 0.3 is 0 Å². The van der Waals surface area contributed by atoms with E-state index >= 15 is 0 Å². The Morgan fingerprint density at radius 3 is 2.52 bits per heavy atom. The number of carbonyl (C=O) groups excluding carboxylic acids is 2. The summed E-state index contributed by atoms with van der Waals surface area (Å²) in [4.78, 5) is 26.5. The number of hydrogen-bond donors (Lipinski definition) is 1. The van der Waals surface area contributed by atoms with Gasteiger partial charge in [-0.1, -0.05) is 32.0 Å². The van der Waals surface area contributed by atoms with Gasteiger partial charge in [0.25, 0.3) is 5.91 Å². The van der Waals surface area contributed by atoms with Crippen LogP contribution in [0.15, 0.2) is 24.3 Å². The first-order valence-corrected chi connectivity index (χ1v) is 7.85. The Hall–Kier alpha value is -2.35. The zero-order chi connectivity index (χ0) is 17.4.